The second-order valence-corrected chi connectivity index (χ2v) is 6.97. The fourth-order valence-electron chi connectivity index (χ4n) is 3.73. The van der Waals surface area contributed by atoms with Gasteiger partial charge in [0.2, 0.25) is 0 Å². The van der Waals surface area contributed by atoms with Gasteiger partial charge in [0, 0.05) is 13.1 Å². The van der Waals surface area contributed by atoms with Crippen molar-refractivity contribution in [3.63, 3.8) is 0 Å². The molecular weight excluding hydrogens is 336 g/mol. The van der Waals surface area contributed by atoms with Crippen LogP contribution in [-0.2, 0) is 21.1 Å². The Morgan fingerprint density at radius 1 is 1.23 bits per heavy atom. The van der Waals surface area contributed by atoms with Gasteiger partial charge in [-0.2, -0.15) is 5.06 Å². The number of amides is 3. The maximum absolute atomic E-state index is 12.7. The molecule has 3 aliphatic rings. The van der Waals surface area contributed by atoms with Gasteiger partial charge in [-0.05, 0) is 31.4 Å². The molecule has 0 unspecified atom stereocenters. The number of carbonyl (C=O) groups excluding carboxylic acids is 2. The molecule has 2 N–H and O–H groups in total. The van der Waals surface area contributed by atoms with Crippen LogP contribution in [0.3, 0.4) is 0 Å². The molecule has 1 aromatic carbocycles. The van der Waals surface area contributed by atoms with Crippen molar-refractivity contribution in [3.8, 4) is 0 Å². The fraction of sp³-hybridized carbons (Fsp3) is 0.556. The van der Waals surface area contributed by atoms with Crippen LogP contribution in [0.4, 0.5) is 4.79 Å². The molecule has 0 radical (unpaired) electrons. The van der Waals surface area contributed by atoms with E-state index in [1.54, 1.807) is 4.90 Å². The molecule has 0 saturated carbocycles. The highest BCUT2D eigenvalue weighted by Crippen LogP contribution is 2.30. The van der Waals surface area contributed by atoms with E-state index in [2.05, 4.69) is 10.8 Å². The molecule has 2 bridgehead atoms. The SMILES string of the molecule is O=C(NO[C@H]1CCNC1)[C@@H]1CC[C@@H]2CN1C(=O)N2OCc1ccccc1. The number of hydrogen-bond acceptors (Lipinski definition) is 5. The van der Waals surface area contributed by atoms with E-state index in [4.69, 9.17) is 9.68 Å². The summed E-state index contributed by atoms with van der Waals surface area (Å²) in [6.45, 7) is 2.48. The third kappa shape index (κ3) is 3.53. The van der Waals surface area contributed by atoms with E-state index >= 15 is 0 Å². The average molecular weight is 360 g/mol. The van der Waals surface area contributed by atoms with E-state index in [9.17, 15) is 9.59 Å². The van der Waals surface area contributed by atoms with Crippen molar-refractivity contribution in [2.24, 2.45) is 0 Å². The summed E-state index contributed by atoms with van der Waals surface area (Å²) in [4.78, 5) is 37.9. The van der Waals surface area contributed by atoms with Crippen LogP contribution >= 0.6 is 0 Å². The predicted molar refractivity (Wildman–Crippen MR) is 92.5 cm³/mol. The highest BCUT2D eigenvalue weighted by molar-refractivity contribution is 5.88. The Morgan fingerprint density at radius 3 is 2.85 bits per heavy atom. The molecule has 3 amide bonds. The molecule has 140 valence electrons. The molecule has 4 rings (SSSR count). The lowest BCUT2D eigenvalue weighted by atomic mass is 10.0. The lowest BCUT2D eigenvalue weighted by molar-refractivity contribution is -0.143. The van der Waals surface area contributed by atoms with Gasteiger partial charge in [-0.15, -0.1) is 0 Å². The molecule has 3 atom stereocenters. The van der Waals surface area contributed by atoms with Crippen LogP contribution in [0.5, 0.6) is 0 Å². The standard InChI is InChI=1S/C18H24N4O4/c23-17(20-26-15-8-9-19-10-15)16-7-6-14-11-21(16)18(24)22(14)25-12-13-4-2-1-3-5-13/h1-5,14-16,19H,6-12H2,(H,20,23)/t14-,15+,16+/m1/s1. The van der Waals surface area contributed by atoms with Crippen LogP contribution in [-0.4, -0.2) is 59.7 Å². The second-order valence-electron chi connectivity index (χ2n) is 6.97. The van der Waals surface area contributed by atoms with Crippen LogP contribution in [0.2, 0.25) is 0 Å². The highest BCUT2D eigenvalue weighted by Gasteiger charge is 2.48. The zero-order chi connectivity index (χ0) is 17.9. The minimum Gasteiger partial charge on any atom is -0.314 e. The molecule has 3 fully saturated rings. The number of piperidine rings is 1. The van der Waals surface area contributed by atoms with Crippen LogP contribution in [0, 0.1) is 0 Å². The Morgan fingerprint density at radius 2 is 2.08 bits per heavy atom. The van der Waals surface area contributed by atoms with Gasteiger partial charge in [0.15, 0.2) is 0 Å². The highest BCUT2D eigenvalue weighted by atomic mass is 16.7. The molecule has 3 heterocycles. The van der Waals surface area contributed by atoms with Crippen molar-refractivity contribution in [3.05, 3.63) is 35.9 Å². The molecule has 3 aliphatic heterocycles. The summed E-state index contributed by atoms with van der Waals surface area (Å²) < 4.78 is 0. The number of hydroxylamine groups is 3. The maximum atomic E-state index is 12.7. The monoisotopic (exact) mass is 360 g/mol. The number of carbonyl (C=O) groups is 2. The van der Waals surface area contributed by atoms with E-state index in [0.29, 0.717) is 19.6 Å². The van der Waals surface area contributed by atoms with E-state index in [1.165, 1.54) is 5.06 Å². The fourth-order valence-corrected chi connectivity index (χ4v) is 3.73. The number of hydrogen-bond donors (Lipinski definition) is 2. The molecule has 3 saturated heterocycles. The lowest BCUT2D eigenvalue weighted by Crippen LogP contribution is -2.50. The van der Waals surface area contributed by atoms with Gasteiger partial charge in [-0.1, -0.05) is 30.3 Å². The maximum Gasteiger partial charge on any atom is 0.345 e. The Kier molecular flexibility index (Phi) is 5.05. The van der Waals surface area contributed by atoms with Crippen molar-refractivity contribution in [2.45, 2.75) is 44.1 Å². The Balaban J connectivity index is 1.32. The number of rotatable bonds is 6. The van der Waals surface area contributed by atoms with Gasteiger partial charge in [-0.3, -0.25) is 14.5 Å². The Labute approximate surface area is 152 Å². The van der Waals surface area contributed by atoms with Gasteiger partial charge in [0.05, 0.1) is 12.1 Å². The van der Waals surface area contributed by atoms with Gasteiger partial charge >= 0.3 is 6.03 Å². The average Bonchev–Trinajstić information content (AvgIpc) is 3.27. The summed E-state index contributed by atoms with van der Waals surface area (Å²) in [6, 6.07) is 8.98. The summed E-state index contributed by atoms with van der Waals surface area (Å²) in [5, 5.41) is 4.61. The predicted octanol–water partition coefficient (Wildman–Crippen LogP) is 0.797. The third-order valence-corrected chi connectivity index (χ3v) is 5.18. The van der Waals surface area contributed by atoms with E-state index in [0.717, 1.165) is 31.5 Å². The molecule has 8 nitrogen and oxygen atoms in total. The summed E-state index contributed by atoms with van der Waals surface area (Å²) in [5.74, 6) is -0.256. The normalized spacial score (nSPS) is 27.8. The van der Waals surface area contributed by atoms with Crippen LogP contribution < -0.4 is 10.8 Å². The van der Waals surface area contributed by atoms with Gasteiger partial charge in [0.1, 0.15) is 12.6 Å². The van der Waals surface area contributed by atoms with Gasteiger partial charge in [-0.25, -0.2) is 10.3 Å². The minimum absolute atomic E-state index is 0.00438. The number of fused-ring (bicyclic) bond motifs is 2. The van der Waals surface area contributed by atoms with Gasteiger partial charge in [0.25, 0.3) is 5.91 Å². The van der Waals surface area contributed by atoms with E-state index < -0.39 is 6.04 Å². The lowest BCUT2D eigenvalue weighted by Gasteiger charge is -2.29. The number of nitrogens with zero attached hydrogens (tertiary/aromatic N) is 2. The number of benzene rings is 1. The zero-order valence-electron chi connectivity index (χ0n) is 14.6. The van der Waals surface area contributed by atoms with Crippen molar-refractivity contribution < 1.29 is 19.3 Å². The van der Waals surface area contributed by atoms with Crippen molar-refractivity contribution in [1.82, 2.24) is 20.8 Å². The summed E-state index contributed by atoms with van der Waals surface area (Å²) in [5.41, 5.74) is 3.54. The zero-order valence-corrected chi connectivity index (χ0v) is 14.6. The van der Waals surface area contributed by atoms with E-state index in [-0.39, 0.29) is 24.1 Å². The molecule has 0 aliphatic carbocycles. The van der Waals surface area contributed by atoms with Crippen molar-refractivity contribution >= 4 is 11.9 Å². The molecule has 26 heavy (non-hydrogen) atoms. The minimum atomic E-state index is -0.501. The molecule has 0 aromatic heterocycles. The summed E-state index contributed by atoms with van der Waals surface area (Å²) in [6.07, 6.45) is 2.21. The van der Waals surface area contributed by atoms with Crippen LogP contribution in [0.25, 0.3) is 0 Å². The van der Waals surface area contributed by atoms with E-state index in [1.807, 2.05) is 30.3 Å². The summed E-state index contributed by atoms with van der Waals surface area (Å²) >= 11 is 0. The first-order chi connectivity index (χ1) is 12.7. The number of nitrogens with one attached hydrogen (secondary N) is 2. The first-order valence-corrected chi connectivity index (χ1v) is 9.15. The number of urea groups is 1. The van der Waals surface area contributed by atoms with Gasteiger partial charge < -0.3 is 10.2 Å². The Bertz CT molecular complexity index is 650. The largest absolute Gasteiger partial charge is 0.345 e. The first-order valence-electron chi connectivity index (χ1n) is 9.15. The molecular formula is C18H24N4O4. The first kappa shape index (κ1) is 17.3. The van der Waals surface area contributed by atoms with Crippen molar-refractivity contribution in [1.29, 1.82) is 0 Å². The summed E-state index contributed by atoms with van der Waals surface area (Å²) in [7, 11) is 0. The molecule has 1 aromatic rings. The quantitative estimate of drug-likeness (QED) is 0.733. The second kappa shape index (κ2) is 7.61. The van der Waals surface area contributed by atoms with Crippen LogP contribution in [0.1, 0.15) is 24.8 Å². The Hall–Kier alpha value is -2.16. The smallest absolute Gasteiger partial charge is 0.314 e. The third-order valence-electron chi connectivity index (χ3n) is 5.18. The topological polar surface area (TPSA) is 83.1 Å². The van der Waals surface area contributed by atoms with Crippen molar-refractivity contribution in [2.75, 3.05) is 19.6 Å². The molecule has 0 spiro atoms. The van der Waals surface area contributed by atoms with Crippen LogP contribution in [0.15, 0.2) is 30.3 Å². The molecule has 8 heteroatoms.